The van der Waals surface area contributed by atoms with Crippen LogP contribution in [-0.4, -0.2) is 29.0 Å². The molecule has 0 spiro atoms. The Hall–Kier alpha value is -2.64. The maximum Gasteiger partial charge on any atom is 0.433 e. The van der Waals surface area contributed by atoms with E-state index in [9.17, 15) is 18.0 Å². The first-order valence-corrected chi connectivity index (χ1v) is 8.18. The number of aromatic nitrogens is 2. The highest BCUT2D eigenvalue weighted by molar-refractivity contribution is 5.95. The largest absolute Gasteiger partial charge is 0.481 e. The zero-order valence-corrected chi connectivity index (χ0v) is 14.3. The number of nitrogens with one attached hydrogen (secondary N) is 1. The van der Waals surface area contributed by atoms with Crippen molar-refractivity contribution in [3.05, 3.63) is 41.9 Å². The second kappa shape index (κ2) is 6.93. The minimum Gasteiger partial charge on any atom is -0.481 e. The van der Waals surface area contributed by atoms with Crippen molar-refractivity contribution in [3.8, 4) is 17.0 Å². The number of ether oxygens (including phenoxy) is 1. The van der Waals surface area contributed by atoms with Gasteiger partial charge in [-0.05, 0) is 49.4 Å². The minimum atomic E-state index is -4.56. The van der Waals surface area contributed by atoms with E-state index in [-0.39, 0.29) is 29.0 Å². The van der Waals surface area contributed by atoms with Crippen molar-refractivity contribution in [1.29, 1.82) is 0 Å². The van der Waals surface area contributed by atoms with E-state index in [0.717, 1.165) is 25.1 Å². The summed E-state index contributed by atoms with van der Waals surface area (Å²) in [5.74, 6) is 0.307. The molecule has 5 nitrogen and oxygen atoms in total. The molecule has 1 aliphatic rings. The molecule has 2 aromatic rings. The second-order valence-corrected chi connectivity index (χ2v) is 6.31. The smallest absolute Gasteiger partial charge is 0.433 e. The number of pyridine rings is 2. The van der Waals surface area contributed by atoms with Crippen LogP contribution in [0, 0.1) is 5.92 Å². The molecule has 0 saturated heterocycles. The number of carbonyl (C=O) groups is 1. The van der Waals surface area contributed by atoms with Crippen LogP contribution < -0.4 is 10.1 Å². The summed E-state index contributed by atoms with van der Waals surface area (Å²) in [5.41, 5.74) is -0.235. The number of carbonyl (C=O) groups excluding carboxylic acids is 1. The normalized spacial score (nSPS) is 15.4. The minimum absolute atomic E-state index is 0.0470. The summed E-state index contributed by atoms with van der Waals surface area (Å²) < 4.78 is 43.9. The van der Waals surface area contributed by atoms with Crippen molar-refractivity contribution < 1.29 is 22.7 Å². The van der Waals surface area contributed by atoms with Crippen molar-refractivity contribution in [2.45, 2.75) is 32.0 Å². The molecular formula is C18H18F3N3O2. The Kier molecular flexibility index (Phi) is 4.84. The molecule has 1 fully saturated rings. The summed E-state index contributed by atoms with van der Waals surface area (Å²) >= 11 is 0. The maximum absolute atomic E-state index is 12.9. The molecule has 0 radical (unpaired) electrons. The van der Waals surface area contributed by atoms with Gasteiger partial charge in [0.15, 0.2) is 0 Å². The molecule has 2 aromatic heterocycles. The number of halogens is 3. The summed E-state index contributed by atoms with van der Waals surface area (Å²) in [6.45, 7) is 1.94. The third kappa shape index (κ3) is 3.95. The van der Waals surface area contributed by atoms with Gasteiger partial charge in [-0.25, -0.2) is 4.98 Å². The molecule has 2 heterocycles. The number of alkyl halides is 3. The van der Waals surface area contributed by atoms with Crippen LogP contribution >= 0.6 is 0 Å². The van der Waals surface area contributed by atoms with Crippen LogP contribution in [0.2, 0.25) is 0 Å². The van der Waals surface area contributed by atoms with Crippen LogP contribution in [0.25, 0.3) is 11.1 Å². The molecule has 0 aromatic carbocycles. The molecular weight excluding hydrogens is 347 g/mol. The first-order chi connectivity index (χ1) is 12.3. The van der Waals surface area contributed by atoms with Crippen molar-refractivity contribution in [2.24, 2.45) is 5.92 Å². The van der Waals surface area contributed by atoms with E-state index in [1.165, 1.54) is 25.4 Å². The number of nitrogens with zero attached hydrogens (tertiary/aromatic N) is 2. The first kappa shape index (κ1) is 18.2. The Bertz CT molecular complexity index is 820. The van der Waals surface area contributed by atoms with Gasteiger partial charge < -0.3 is 10.1 Å². The standard InChI is InChI=1S/C18H18F3N3O2/c1-10(11-3-4-11)24-16(25)13-7-14(17(26-2)23-9-13)12-5-6-22-15(8-12)18(19,20)21/h5-11H,3-4H2,1-2H3,(H,24,25)/t10-/m0/s1. The average Bonchev–Trinajstić information content (AvgIpc) is 3.45. The predicted molar refractivity (Wildman–Crippen MR) is 88.7 cm³/mol. The summed E-state index contributed by atoms with van der Waals surface area (Å²) in [7, 11) is 1.37. The topological polar surface area (TPSA) is 64.1 Å². The lowest BCUT2D eigenvalue weighted by molar-refractivity contribution is -0.141. The van der Waals surface area contributed by atoms with Crippen LogP contribution in [0.3, 0.4) is 0 Å². The fourth-order valence-electron chi connectivity index (χ4n) is 2.70. The number of hydrogen-bond donors (Lipinski definition) is 1. The van der Waals surface area contributed by atoms with Crippen molar-refractivity contribution in [2.75, 3.05) is 7.11 Å². The summed E-state index contributed by atoms with van der Waals surface area (Å²) in [4.78, 5) is 19.8. The highest BCUT2D eigenvalue weighted by Crippen LogP contribution is 2.34. The van der Waals surface area contributed by atoms with Crippen molar-refractivity contribution in [3.63, 3.8) is 0 Å². The molecule has 1 aliphatic carbocycles. The third-order valence-corrected chi connectivity index (χ3v) is 4.36. The Morgan fingerprint density at radius 2 is 2.04 bits per heavy atom. The summed E-state index contributed by atoms with van der Waals surface area (Å²) in [5, 5.41) is 2.90. The average molecular weight is 365 g/mol. The molecule has 3 rings (SSSR count). The van der Waals surface area contributed by atoms with Gasteiger partial charge in [-0.15, -0.1) is 0 Å². The van der Waals surface area contributed by atoms with E-state index in [1.807, 2.05) is 6.92 Å². The van der Waals surface area contributed by atoms with Crippen LogP contribution in [0.15, 0.2) is 30.6 Å². The van der Waals surface area contributed by atoms with Gasteiger partial charge in [-0.3, -0.25) is 9.78 Å². The number of methoxy groups -OCH3 is 1. The molecule has 1 amide bonds. The van der Waals surface area contributed by atoms with Crippen molar-refractivity contribution in [1.82, 2.24) is 15.3 Å². The highest BCUT2D eigenvalue weighted by Gasteiger charge is 2.33. The molecule has 138 valence electrons. The SMILES string of the molecule is COc1ncc(C(=O)N[C@@H](C)C2CC2)cc1-c1ccnc(C(F)(F)F)c1. The molecule has 0 aliphatic heterocycles. The first-order valence-electron chi connectivity index (χ1n) is 8.18. The Morgan fingerprint density at radius 3 is 2.65 bits per heavy atom. The van der Waals surface area contributed by atoms with Gasteiger partial charge in [0.2, 0.25) is 5.88 Å². The quantitative estimate of drug-likeness (QED) is 0.878. The Labute approximate surface area is 148 Å². The van der Waals surface area contributed by atoms with E-state index >= 15 is 0 Å². The van der Waals surface area contributed by atoms with Gasteiger partial charge in [0.1, 0.15) is 5.69 Å². The fourth-order valence-corrected chi connectivity index (χ4v) is 2.70. The maximum atomic E-state index is 12.9. The number of rotatable bonds is 5. The predicted octanol–water partition coefficient (Wildman–Crippen LogP) is 3.70. The lowest BCUT2D eigenvalue weighted by Crippen LogP contribution is -2.34. The summed E-state index contributed by atoms with van der Waals surface area (Å²) in [6, 6.07) is 3.86. The molecule has 0 unspecified atom stereocenters. The van der Waals surface area contributed by atoms with Gasteiger partial charge in [0.25, 0.3) is 5.91 Å². The zero-order chi connectivity index (χ0) is 18.9. The lowest BCUT2D eigenvalue weighted by atomic mass is 10.0. The van der Waals surface area contributed by atoms with E-state index in [0.29, 0.717) is 11.5 Å². The van der Waals surface area contributed by atoms with E-state index < -0.39 is 11.9 Å². The van der Waals surface area contributed by atoms with E-state index in [4.69, 9.17) is 4.74 Å². The Morgan fingerprint density at radius 1 is 1.31 bits per heavy atom. The third-order valence-electron chi connectivity index (χ3n) is 4.36. The molecule has 0 bridgehead atoms. The van der Waals surface area contributed by atoms with Crippen LogP contribution in [-0.2, 0) is 6.18 Å². The zero-order valence-electron chi connectivity index (χ0n) is 14.3. The van der Waals surface area contributed by atoms with E-state index in [1.54, 1.807) is 0 Å². The van der Waals surface area contributed by atoms with Gasteiger partial charge in [0.05, 0.1) is 12.7 Å². The molecule has 1 atom stereocenters. The lowest BCUT2D eigenvalue weighted by Gasteiger charge is -2.14. The van der Waals surface area contributed by atoms with Crippen LogP contribution in [0.4, 0.5) is 13.2 Å². The monoisotopic (exact) mass is 365 g/mol. The highest BCUT2D eigenvalue weighted by atomic mass is 19.4. The van der Waals surface area contributed by atoms with Gasteiger partial charge in [-0.2, -0.15) is 13.2 Å². The van der Waals surface area contributed by atoms with Crippen LogP contribution in [0.1, 0.15) is 35.8 Å². The molecule has 1 N–H and O–H groups in total. The number of amides is 1. The second-order valence-electron chi connectivity index (χ2n) is 6.31. The van der Waals surface area contributed by atoms with E-state index in [2.05, 4.69) is 15.3 Å². The number of hydrogen-bond acceptors (Lipinski definition) is 4. The molecule has 26 heavy (non-hydrogen) atoms. The molecule has 1 saturated carbocycles. The van der Waals surface area contributed by atoms with Gasteiger partial charge in [0, 0.05) is 24.0 Å². The van der Waals surface area contributed by atoms with Gasteiger partial charge in [-0.1, -0.05) is 0 Å². The molecule has 8 heteroatoms. The van der Waals surface area contributed by atoms with Gasteiger partial charge >= 0.3 is 6.18 Å². The Balaban J connectivity index is 1.94. The summed E-state index contributed by atoms with van der Waals surface area (Å²) in [6.07, 6.45) is 0.0313. The van der Waals surface area contributed by atoms with Crippen molar-refractivity contribution >= 4 is 5.91 Å². The fraction of sp³-hybridized carbons (Fsp3) is 0.389. The van der Waals surface area contributed by atoms with Crippen LogP contribution in [0.5, 0.6) is 5.88 Å².